The minimum absolute atomic E-state index is 0.382. The molecule has 0 amide bonds. The maximum atomic E-state index is 5.59. The maximum Gasteiger partial charge on any atom is 0.0618 e. The quantitative estimate of drug-likeness (QED) is 0.772. The molecular formula is C12H26N2OS. The van der Waals surface area contributed by atoms with E-state index >= 15 is 0 Å². The standard InChI is InChI=1S/C12H26N2OS/c1-12(2)10-14(7-8-16-12)11(9-15-3)5-4-6-13/h11H,4-10,13H2,1-3H3. The highest BCUT2D eigenvalue weighted by atomic mass is 32.2. The van der Waals surface area contributed by atoms with Crippen molar-refractivity contribution in [3.05, 3.63) is 0 Å². The van der Waals surface area contributed by atoms with Crippen LogP contribution in [-0.4, -0.2) is 54.8 Å². The van der Waals surface area contributed by atoms with Crippen LogP contribution in [0.25, 0.3) is 0 Å². The molecule has 1 heterocycles. The van der Waals surface area contributed by atoms with Gasteiger partial charge in [-0.3, -0.25) is 4.90 Å². The lowest BCUT2D eigenvalue weighted by Crippen LogP contribution is -2.49. The molecule has 0 bridgehead atoms. The molecule has 1 unspecified atom stereocenters. The van der Waals surface area contributed by atoms with E-state index in [1.165, 1.54) is 12.3 Å². The molecule has 1 fully saturated rings. The van der Waals surface area contributed by atoms with Crippen molar-refractivity contribution in [1.29, 1.82) is 0 Å². The molecule has 0 aromatic heterocycles. The van der Waals surface area contributed by atoms with Gasteiger partial charge in [-0.1, -0.05) is 0 Å². The summed E-state index contributed by atoms with van der Waals surface area (Å²) in [4.78, 5) is 2.58. The van der Waals surface area contributed by atoms with E-state index in [2.05, 4.69) is 30.5 Å². The Bertz CT molecular complexity index is 199. The van der Waals surface area contributed by atoms with Crippen LogP contribution in [0.15, 0.2) is 0 Å². The molecule has 0 spiro atoms. The fourth-order valence-electron chi connectivity index (χ4n) is 2.28. The highest BCUT2D eigenvalue weighted by Gasteiger charge is 2.30. The number of rotatable bonds is 6. The monoisotopic (exact) mass is 246 g/mol. The first-order valence-electron chi connectivity index (χ1n) is 6.16. The normalized spacial score (nSPS) is 23.2. The Morgan fingerprint density at radius 2 is 2.25 bits per heavy atom. The Balaban J connectivity index is 2.48. The molecule has 2 N–H and O–H groups in total. The fourth-order valence-corrected chi connectivity index (χ4v) is 3.42. The number of methoxy groups -OCH3 is 1. The van der Waals surface area contributed by atoms with E-state index in [1.54, 1.807) is 7.11 Å². The van der Waals surface area contributed by atoms with Crippen molar-refractivity contribution >= 4 is 11.8 Å². The number of hydrogen-bond donors (Lipinski definition) is 1. The molecule has 16 heavy (non-hydrogen) atoms. The van der Waals surface area contributed by atoms with Gasteiger partial charge in [-0.05, 0) is 33.2 Å². The molecule has 0 saturated carbocycles. The van der Waals surface area contributed by atoms with Crippen molar-refractivity contribution in [1.82, 2.24) is 4.90 Å². The highest BCUT2D eigenvalue weighted by Crippen LogP contribution is 2.31. The lowest BCUT2D eigenvalue weighted by molar-refractivity contribution is 0.0808. The lowest BCUT2D eigenvalue weighted by Gasteiger charge is -2.41. The van der Waals surface area contributed by atoms with Crippen LogP contribution in [-0.2, 0) is 4.74 Å². The molecular weight excluding hydrogens is 220 g/mol. The number of thioether (sulfide) groups is 1. The van der Waals surface area contributed by atoms with Gasteiger partial charge in [0.1, 0.15) is 0 Å². The highest BCUT2D eigenvalue weighted by molar-refractivity contribution is 8.00. The summed E-state index contributed by atoms with van der Waals surface area (Å²) in [6.45, 7) is 8.63. The molecule has 0 radical (unpaired) electrons. The van der Waals surface area contributed by atoms with Crippen LogP contribution in [0.3, 0.4) is 0 Å². The first-order valence-corrected chi connectivity index (χ1v) is 7.14. The second kappa shape index (κ2) is 6.84. The fraction of sp³-hybridized carbons (Fsp3) is 1.00. The molecule has 1 saturated heterocycles. The first-order chi connectivity index (χ1) is 7.59. The second-order valence-corrected chi connectivity index (χ2v) is 6.92. The molecule has 3 nitrogen and oxygen atoms in total. The van der Waals surface area contributed by atoms with Crippen LogP contribution in [0, 0.1) is 0 Å². The van der Waals surface area contributed by atoms with Gasteiger partial charge in [-0.2, -0.15) is 11.8 Å². The summed E-state index contributed by atoms with van der Waals surface area (Å²) in [5, 5.41) is 0. The van der Waals surface area contributed by atoms with Crippen molar-refractivity contribution < 1.29 is 4.74 Å². The molecule has 0 aromatic carbocycles. The SMILES string of the molecule is COCC(CCCN)N1CCSC(C)(C)C1. The topological polar surface area (TPSA) is 38.5 Å². The zero-order valence-electron chi connectivity index (χ0n) is 10.9. The zero-order valence-corrected chi connectivity index (χ0v) is 11.7. The summed E-state index contributed by atoms with van der Waals surface area (Å²) in [6, 6.07) is 0.550. The van der Waals surface area contributed by atoms with Gasteiger partial charge in [-0.15, -0.1) is 0 Å². The van der Waals surface area contributed by atoms with Gasteiger partial charge in [0.15, 0.2) is 0 Å². The summed E-state index contributed by atoms with van der Waals surface area (Å²) in [7, 11) is 1.79. The third-order valence-corrected chi connectivity index (χ3v) is 4.37. The summed E-state index contributed by atoms with van der Waals surface area (Å²) in [5.41, 5.74) is 5.59. The van der Waals surface area contributed by atoms with Crippen LogP contribution in [0.2, 0.25) is 0 Å². The largest absolute Gasteiger partial charge is 0.383 e. The average Bonchev–Trinajstić information content (AvgIpc) is 2.22. The predicted molar refractivity (Wildman–Crippen MR) is 72.1 cm³/mol. The summed E-state index contributed by atoms with van der Waals surface area (Å²) < 4.78 is 5.72. The second-order valence-electron chi connectivity index (χ2n) is 5.12. The smallest absolute Gasteiger partial charge is 0.0618 e. The Morgan fingerprint density at radius 1 is 1.50 bits per heavy atom. The minimum Gasteiger partial charge on any atom is -0.383 e. The molecule has 96 valence electrons. The van der Waals surface area contributed by atoms with E-state index in [1.807, 2.05) is 0 Å². The Labute approximate surface area is 104 Å². The van der Waals surface area contributed by atoms with Gasteiger partial charge >= 0.3 is 0 Å². The molecule has 4 heteroatoms. The summed E-state index contributed by atoms with van der Waals surface area (Å²) in [6.07, 6.45) is 2.25. The van der Waals surface area contributed by atoms with Crippen molar-refractivity contribution in [2.75, 3.05) is 39.1 Å². The molecule has 1 atom stereocenters. The molecule has 0 aliphatic carbocycles. The number of nitrogens with zero attached hydrogens (tertiary/aromatic N) is 1. The Hall–Kier alpha value is 0.230. The number of hydrogen-bond acceptors (Lipinski definition) is 4. The average molecular weight is 246 g/mol. The van der Waals surface area contributed by atoms with E-state index < -0.39 is 0 Å². The lowest BCUT2D eigenvalue weighted by atomic mass is 10.1. The Morgan fingerprint density at radius 3 is 2.81 bits per heavy atom. The van der Waals surface area contributed by atoms with Crippen molar-refractivity contribution in [2.45, 2.75) is 37.5 Å². The summed E-state index contributed by atoms with van der Waals surface area (Å²) >= 11 is 2.08. The minimum atomic E-state index is 0.382. The van der Waals surface area contributed by atoms with Crippen molar-refractivity contribution in [3.8, 4) is 0 Å². The third-order valence-electron chi connectivity index (χ3n) is 3.07. The van der Waals surface area contributed by atoms with E-state index in [-0.39, 0.29) is 0 Å². The van der Waals surface area contributed by atoms with Crippen molar-refractivity contribution in [2.24, 2.45) is 5.73 Å². The predicted octanol–water partition coefficient (Wildman–Crippen LogP) is 1.57. The zero-order chi connectivity index (χ0) is 12.0. The van der Waals surface area contributed by atoms with E-state index in [0.717, 1.165) is 32.5 Å². The molecule has 0 aromatic rings. The molecule has 1 aliphatic heterocycles. The summed E-state index contributed by atoms with van der Waals surface area (Å²) in [5.74, 6) is 1.23. The van der Waals surface area contributed by atoms with Gasteiger partial charge in [-0.25, -0.2) is 0 Å². The van der Waals surface area contributed by atoms with Gasteiger partial charge in [0.05, 0.1) is 6.61 Å². The number of ether oxygens (including phenoxy) is 1. The van der Waals surface area contributed by atoms with Crippen LogP contribution in [0.5, 0.6) is 0 Å². The third kappa shape index (κ3) is 4.62. The van der Waals surface area contributed by atoms with Crippen LogP contribution in [0.4, 0.5) is 0 Å². The van der Waals surface area contributed by atoms with Crippen LogP contribution >= 0.6 is 11.8 Å². The maximum absolute atomic E-state index is 5.59. The number of nitrogens with two attached hydrogens (primary N) is 1. The van der Waals surface area contributed by atoms with Gasteiger partial charge in [0.2, 0.25) is 0 Å². The van der Waals surface area contributed by atoms with Crippen LogP contribution < -0.4 is 5.73 Å². The molecule has 1 rings (SSSR count). The van der Waals surface area contributed by atoms with Gasteiger partial charge in [0, 0.05) is 36.7 Å². The van der Waals surface area contributed by atoms with E-state index in [0.29, 0.717) is 10.8 Å². The van der Waals surface area contributed by atoms with Crippen molar-refractivity contribution in [3.63, 3.8) is 0 Å². The van der Waals surface area contributed by atoms with E-state index in [9.17, 15) is 0 Å². The first kappa shape index (κ1) is 14.3. The van der Waals surface area contributed by atoms with Gasteiger partial charge in [0.25, 0.3) is 0 Å². The van der Waals surface area contributed by atoms with E-state index in [4.69, 9.17) is 10.5 Å². The Kier molecular flexibility index (Phi) is 6.11. The molecule has 1 aliphatic rings. The van der Waals surface area contributed by atoms with Gasteiger partial charge < -0.3 is 10.5 Å². The van der Waals surface area contributed by atoms with Crippen LogP contribution in [0.1, 0.15) is 26.7 Å².